The molecule has 8 rings (SSSR count). The minimum absolute atomic E-state index is 0.0364. The van der Waals surface area contributed by atoms with Crippen LogP contribution < -0.4 is 16.0 Å². The maximum absolute atomic E-state index is 6.29. The number of nitrogens with zero attached hydrogens (tertiary/aromatic N) is 6. The molecular weight excluding hydrogens is 944 g/mol. The van der Waals surface area contributed by atoms with E-state index in [1.165, 1.54) is 45.4 Å². The predicted octanol–water partition coefficient (Wildman–Crippen LogP) is 11.9. The van der Waals surface area contributed by atoms with Crippen LogP contribution in [-0.4, -0.2) is 108 Å². The molecule has 0 aromatic carbocycles. The van der Waals surface area contributed by atoms with Crippen molar-refractivity contribution in [2.45, 2.75) is 149 Å². The second kappa shape index (κ2) is 26.0. The highest BCUT2D eigenvalue weighted by atomic mass is 35.5. The van der Waals surface area contributed by atoms with Crippen LogP contribution in [0.25, 0.3) is 0 Å². The molecular formula is C55H83Cl4N9O. The number of rotatable bonds is 6. The molecule has 0 bridgehead atoms. The number of nitrogens with one attached hydrogen (secondary N) is 3. The minimum atomic E-state index is 0.0364. The van der Waals surface area contributed by atoms with Crippen molar-refractivity contribution < 1.29 is 4.74 Å². The summed E-state index contributed by atoms with van der Waals surface area (Å²) in [5, 5.41) is 12.7. The zero-order chi connectivity index (χ0) is 50.6. The summed E-state index contributed by atoms with van der Waals surface area (Å²) in [5.41, 5.74) is 10.2. The Morgan fingerprint density at radius 2 is 0.986 bits per heavy atom. The topological polar surface area (TPSA) is 103 Å². The number of hydrogen-bond acceptors (Lipinski definition) is 10. The Hall–Kier alpha value is -2.48. The van der Waals surface area contributed by atoms with Gasteiger partial charge in [0.2, 0.25) is 0 Å². The van der Waals surface area contributed by atoms with E-state index in [-0.39, 0.29) is 21.7 Å². The van der Waals surface area contributed by atoms with Crippen LogP contribution in [0, 0.1) is 0 Å². The van der Waals surface area contributed by atoms with E-state index in [0.717, 1.165) is 110 Å². The van der Waals surface area contributed by atoms with Crippen LogP contribution in [-0.2, 0) is 39.5 Å². The maximum atomic E-state index is 6.29. The summed E-state index contributed by atoms with van der Waals surface area (Å²) in [6, 6.07) is 8.57. The number of aromatic nitrogens is 4. The first kappa shape index (κ1) is 57.4. The molecule has 4 fully saturated rings. The molecule has 382 valence electrons. The molecule has 4 aromatic rings. The SMILES string of the molecule is CC(C)(C)c1c(C2CCNC2)ccnc1Cl.CC(C)(C)c1c(C2CCOCC2)ccnc1Cl.CC(C)(C)c1c(CN2CCNCC2)ccnc1Cl.CC(C)(C)c1cc(CN2CCNCC2)cnc1Cl. The number of hydrogen-bond donors (Lipinski definition) is 3. The van der Waals surface area contributed by atoms with Gasteiger partial charge in [-0.05, 0) is 128 Å². The van der Waals surface area contributed by atoms with Gasteiger partial charge in [-0.3, -0.25) is 9.80 Å². The first-order valence-electron chi connectivity index (χ1n) is 25.2. The smallest absolute Gasteiger partial charge is 0.133 e. The van der Waals surface area contributed by atoms with Crippen LogP contribution in [0.2, 0.25) is 20.6 Å². The van der Waals surface area contributed by atoms with Crippen LogP contribution in [0.1, 0.15) is 159 Å². The summed E-state index contributed by atoms with van der Waals surface area (Å²) >= 11 is 25.0. The van der Waals surface area contributed by atoms with Crippen molar-refractivity contribution in [3.63, 3.8) is 0 Å². The number of halogens is 4. The summed E-state index contributed by atoms with van der Waals surface area (Å²) in [6.07, 6.45) is 10.7. The zero-order valence-corrected chi connectivity index (χ0v) is 46.9. The van der Waals surface area contributed by atoms with Crippen molar-refractivity contribution >= 4 is 46.4 Å². The molecule has 1 unspecified atom stereocenters. The molecule has 0 amide bonds. The van der Waals surface area contributed by atoms with Gasteiger partial charge in [0.15, 0.2) is 0 Å². The van der Waals surface area contributed by atoms with Gasteiger partial charge in [0, 0.05) is 110 Å². The standard InChI is InChI=1S/2C14H22ClN3.C14H20ClNO.C13H19ClN2/c1-14(2,3)12-8-11(9-17-13(12)15)10-18-6-4-16-5-7-18;1-14(2,3)12-11(4-5-17-13(12)15)10-18-8-6-16-7-9-18;1-14(2,3)12-11(4-7-16-13(12)15)10-5-8-17-9-6-10;1-13(2,3)11-10(5-7-16-12(11)14)9-4-6-15-8-9/h8-9,16H,4-7,10H2,1-3H3;4-5,16H,6-10H2,1-3H3;4,7,10H,5-6,8-9H2,1-3H3;5,7,9,15H,4,6,8H2,1-3H3. The largest absolute Gasteiger partial charge is 0.381 e. The van der Waals surface area contributed by atoms with Crippen molar-refractivity contribution in [1.82, 2.24) is 45.7 Å². The van der Waals surface area contributed by atoms with Crippen molar-refractivity contribution in [3.8, 4) is 0 Å². The van der Waals surface area contributed by atoms with E-state index in [1.54, 1.807) is 0 Å². The van der Waals surface area contributed by atoms with Crippen LogP contribution in [0.15, 0.2) is 49.1 Å². The second-order valence-electron chi connectivity index (χ2n) is 23.1. The van der Waals surface area contributed by atoms with Gasteiger partial charge in [0.25, 0.3) is 0 Å². The third kappa shape index (κ3) is 17.3. The lowest BCUT2D eigenvalue weighted by Gasteiger charge is -2.30. The van der Waals surface area contributed by atoms with Crippen LogP contribution >= 0.6 is 46.4 Å². The van der Waals surface area contributed by atoms with E-state index in [9.17, 15) is 0 Å². The Labute approximate surface area is 436 Å². The van der Waals surface area contributed by atoms with E-state index in [2.05, 4.69) is 153 Å². The van der Waals surface area contributed by atoms with Gasteiger partial charge in [0.1, 0.15) is 20.6 Å². The predicted molar refractivity (Wildman–Crippen MR) is 291 cm³/mol. The van der Waals surface area contributed by atoms with Crippen molar-refractivity contribution in [1.29, 1.82) is 0 Å². The Bertz CT molecular complexity index is 2210. The zero-order valence-electron chi connectivity index (χ0n) is 43.9. The Morgan fingerprint density at radius 3 is 1.45 bits per heavy atom. The van der Waals surface area contributed by atoms with E-state index in [4.69, 9.17) is 51.1 Å². The molecule has 0 radical (unpaired) electrons. The van der Waals surface area contributed by atoms with Crippen molar-refractivity contribution in [3.05, 3.63) is 114 Å². The van der Waals surface area contributed by atoms with Gasteiger partial charge in [-0.15, -0.1) is 0 Å². The van der Waals surface area contributed by atoms with E-state index in [0.29, 0.717) is 32.4 Å². The summed E-state index contributed by atoms with van der Waals surface area (Å²) < 4.78 is 5.43. The van der Waals surface area contributed by atoms with E-state index < -0.39 is 0 Å². The van der Waals surface area contributed by atoms with Gasteiger partial charge in [-0.1, -0.05) is 129 Å². The van der Waals surface area contributed by atoms with Crippen LogP contribution in [0.5, 0.6) is 0 Å². The quantitative estimate of drug-likeness (QED) is 0.162. The van der Waals surface area contributed by atoms with Crippen molar-refractivity contribution in [2.75, 3.05) is 78.7 Å². The highest BCUT2D eigenvalue weighted by Crippen LogP contribution is 2.39. The maximum Gasteiger partial charge on any atom is 0.133 e. The molecule has 69 heavy (non-hydrogen) atoms. The Kier molecular flexibility index (Phi) is 21.6. The van der Waals surface area contributed by atoms with Gasteiger partial charge < -0.3 is 20.7 Å². The lowest BCUT2D eigenvalue weighted by molar-refractivity contribution is 0.0849. The first-order chi connectivity index (χ1) is 32.4. The Balaban J connectivity index is 0.000000172. The molecule has 14 heteroatoms. The third-order valence-electron chi connectivity index (χ3n) is 13.2. The summed E-state index contributed by atoms with van der Waals surface area (Å²) in [6.45, 7) is 40.8. The van der Waals surface area contributed by atoms with E-state index in [1.807, 2.05) is 24.8 Å². The highest BCUT2D eigenvalue weighted by Gasteiger charge is 2.29. The first-order valence-corrected chi connectivity index (χ1v) is 26.7. The third-order valence-corrected chi connectivity index (χ3v) is 14.4. The van der Waals surface area contributed by atoms with Gasteiger partial charge in [0.05, 0.1) is 0 Å². The lowest BCUT2D eigenvalue weighted by atomic mass is 9.79. The summed E-state index contributed by atoms with van der Waals surface area (Å²) in [4.78, 5) is 21.9. The monoisotopic (exact) mass is 1030 g/mol. The molecule has 4 aliphatic rings. The fourth-order valence-corrected chi connectivity index (χ4v) is 11.5. The molecule has 4 aromatic heterocycles. The van der Waals surface area contributed by atoms with Crippen molar-refractivity contribution in [2.24, 2.45) is 0 Å². The molecule has 1 atom stereocenters. The minimum Gasteiger partial charge on any atom is -0.381 e. The number of pyridine rings is 4. The molecule has 10 nitrogen and oxygen atoms in total. The summed E-state index contributed by atoms with van der Waals surface area (Å²) in [7, 11) is 0. The molecule has 0 spiro atoms. The highest BCUT2D eigenvalue weighted by molar-refractivity contribution is 6.31. The molecule has 8 heterocycles. The molecule has 4 aliphatic heterocycles. The fraction of sp³-hybridized carbons (Fsp3) is 0.636. The average molecular weight is 1030 g/mol. The van der Waals surface area contributed by atoms with Gasteiger partial charge in [-0.2, -0.15) is 0 Å². The number of piperazine rings is 2. The fourth-order valence-electron chi connectivity index (χ4n) is 9.73. The summed E-state index contributed by atoms with van der Waals surface area (Å²) in [5.74, 6) is 1.16. The van der Waals surface area contributed by atoms with E-state index >= 15 is 0 Å². The van der Waals surface area contributed by atoms with Gasteiger partial charge in [-0.25, -0.2) is 19.9 Å². The van der Waals surface area contributed by atoms with Crippen LogP contribution in [0.3, 0.4) is 0 Å². The number of ether oxygens (including phenoxy) is 1. The molecule has 0 saturated carbocycles. The molecule has 4 saturated heterocycles. The second-order valence-corrected chi connectivity index (χ2v) is 24.5. The van der Waals surface area contributed by atoms with Gasteiger partial charge >= 0.3 is 0 Å². The average Bonchev–Trinajstić information content (AvgIpc) is 3.83. The lowest BCUT2D eigenvalue weighted by Crippen LogP contribution is -2.43. The van der Waals surface area contributed by atoms with Crippen LogP contribution in [0.4, 0.5) is 0 Å². The molecule has 0 aliphatic carbocycles. The normalized spacial score (nSPS) is 18.9. The molecule has 3 N–H and O–H groups in total. The Morgan fingerprint density at radius 1 is 0.522 bits per heavy atom.